The summed E-state index contributed by atoms with van der Waals surface area (Å²) in [5.74, 6) is 1.06. The van der Waals surface area contributed by atoms with Crippen LogP contribution in [-0.2, 0) is 10.8 Å². The van der Waals surface area contributed by atoms with Crippen molar-refractivity contribution in [2.75, 3.05) is 4.90 Å². The van der Waals surface area contributed by atoms with Gasteiger partial charge in [-0.2, -0.15) is 0 Å². The highest BCUT2D eigenvalue weighted by Crippen LogP contribution is 2.66. The van der Waals surface area contributed by atoms with Crippen molar-refractivity contribution < 1.29 is 4.74 Å². The van der Waals surface area contributed by atoms with Gasteiger partial charge in [-0.3, -0.25) is 0 Å². The molecule has 2 aliphatic heterocycles. The highest BCUT2D eigenvalue weighted by Gasteiger charge is 2.60. The Hall–Kier alpha value is -8.66. The van der Waals surface area contributed by atoms with Gasteiger partial charge in [0.15, 0.2) is 0 Å². The summed E-state index contributed by atoms with van der Waals surface area (Å²) in [5, 5.41) is 2.50. The molecule has 10 aromatic rings. The first kappa shape index (κ1) is 39.2. The minimum atomic E-state index is -0.473. The number of allylic oxidation sites excluding steroid dienone is 4. The lowest BCUT2D eigenvalue weighted by Gasteiger charge is -2.59. The first-order valence-corrected chi connectivity index (χ1v) is 25.2. The maximum Gasteiger partial charge on any atom is 0.125 e. The van der Waals surface area contributed by atoms with Gasteiger partial charge in [0, 0.05) is 50.6 Å². The van der Waals surface area contributed by atoms with Crippen molar-refractivity contribution in [2.24, 2.45) is 11.8 Å². The molecule has 9 aromatic carbocycles. The smallest absolute Gasteiger partial charge is 0.125 e. The van der Waals surface area contributed by atoms with Gasteiger partial charge >= 0.3 is 0 Å². The molecule has 0 saturated carbocycles. The van der Waals surface area contributed by atoms with E-state index in [-0.39, 0.29) is 24.0 Å². The first-order valence-electron chi connectivity index (χ1n) is 25.2. The Balaban J connectivity index is 0.961. The number of nitrogens with zero attached hydrogens (tertiary/aromatic N) is 2. The van der Waals surface area contributed by atoms with Gasteiger partial charge in [0.2, 0.25) is 0 Å². The molecule has 3 nitrogen and oxygen atoms in total. The maximum absolute atomic E-state index is 7.01. The minimum Gasteiger partial charge on any atom is -0.485 e. The molecule has 2 spiro atoms. The molecule has 16 rings (SSSR count). The van der Waals surface area contributed by atoms with Gasteiger partial charge in [-0.25, -0.2) is 0 Å². The molecular weight excluding hydrogens is 861 g/mol. The second-order valence-electron chi connectivity index (χ2n) is 20.2. The number of hydrogen-bond acceptors (Lipinski definition) is 2. The molecule has 3 heteroatoms. The van der Waals surface area contributed by atoms with Gasteiger partial charge in [0.25, 0.3) is 0 Å². The number of anilines is 2. The van der Waals surface area contributed by atoms with Crippen LogP contribution in [0.1, 0.15) is 33.4 Å². The fourth-order valence-corrected chi connectivity index (χ4v) is 14.5. The quantitative estimate of drug-likeness (QED) is 0.176. The van der Waals surface area contributed by atoms with Crippen LogP contribution in [-0.4, -0.2) is 16.7 Å². The van der Waals surface area contributed by atoms with Gasteiger partial charge in [-0.1, -0.05) is 188 Å². The van der Waals surface area contributed by atoms with E-state index < -0.39 is 10.8 Å². The van der Waals surface area contributed by atoms with E-state index in [4.69, 9.17) is 4.74 Å². The Morgan fingerprint density at radius 1 is 0.380 bits per heavy atom. The third-order valence-electron chi connectivity index (χ3n) is 17.1. The molecule has 334 valence electrons. The molecule has 0 bridgehead atoms. The Morgan fingerprint density at radius 3 is 1.75 bits per heavy atom. The molecule has 0 amide bonds. The summed E-state index contributed by atoms with van der Waals surface area (Å²) in [6.07, 6.45) is 18.6. The van der Waals surface area contributed by atoms with Crippen molar-refractivity contribution in [2.45, 2.75) is 23.0 Å². The summed E-state index contributed by atoms with van der Waals surface area (Å²) in [6.45, 7) is 0. The first-order chi connectivity index (χ1) is 35.2. The van der Waals surface area contributed by atoms with E-state index in [9.17, 15) is 0 Å². The van der Waals surface area contributed by atoms with Gasteiger partial charge < -0.3 is 14.2 Å². The van der Waals surface area contributed by atoms with E-state index >= 15 is 0 Å². The second kappa shape index (κ2) is 14.4. The fourth-order valence-electron chi connectivity index (χ4n) is 14.5. The van der Waals surface area contributed by atoms with Crippen LogP contribution in [0.2, 0.25) is 0 Å². The number of para-hydroxylation sites is 3. The number of benzene rings is 9. The molecule has 6 aliphatic rings. The van der Waals surface area contributed by atoms with Crippen molar-refractivity contribution in [3.05, 3.63) is 288 Å². The third-order valence-corrected chi connectivity index (χ3v) is 17.1. The van der Waals surface area contributed by atoms with Crippen LogP contribution in [0.3, 0.4) is 0 Å². The number of rotatable bonds is 3. The lowest BCUT2D eigenvalue weighted by molar-refractivity contribution is 0.0951. The van der Waals surface area contributed by atoms with Crippen molar-refractivity contribution >= 4 is 33.2 Å². The number of hydrogen-bond donors (Lipinski definition) is 0. The fraction of sp³-hybridized carbons (Fsp3) is 0.0882. The zero-order chi connectivity index (χ0) is 46.4. The van der Waals surface area contributed by atoms with Crippen LogP contribution in [0.25, 0.3) is 60.9 Å². The zero-order valence-electron chi connectivity index (χ0n) is 38.9. The topological polar surface area (TPSA) is 17.4 Å². The molecule has 3 heterocycles. The Bertz CT molecular complexity index is 3970. The molecule has 0 radical (unpaired) electrons. The maximum atomic E-state index is 7.01. The van der Waals surface area contributed by atoms with Crippen LogP contribution in [0, 0.1) is 11.8 Å². The molecule has 4 aliphatic carbocycles. The molecule has 71 heavy (non-hydrogen) atoms. The zero-order valence-corrected chi connectivity index (χ0v) is 38.9. The van der Waals surface area contributed by atoms with E-state index in [0.717, 1.165) is 11.4 Å². The molecule has 0 fully saturated rings. The van der Waals surface area contributed by atoms with Crippen LogP contribution < -0.4 is 9.64 Å². The molecule has 1 aromatic heterocycles. The predicted octanol–water partition coefficient (Wildman–Crippen LogP) is 15.8. The highest BCUT2D eigenvalue weighted by molar-refractivity contribution is 6.10. The lowest BCUT2D eigenvalue weighted by atomic mass is 9.51. The van der Waals surface area contributed by atoms with Gasteiger partial charge in [-0.15, -0.1) is 0 Å². The van der Waals surface area contributed by atoms with Gasteiger partial charge in [0.05, 0.1) is 22.5 Å². The average molecular weight is 907 g/mol. The van der Waals surface area contributed by atoms with Gasteiger partial charge in [0.1, 0.15) is 11.9 Å². The summed E-state index contributed by atoms with van der Waals surface area (Å²) >= 11 is 0. The largest absolute Gasteiger partial charge is 0.485 e. The number of ether oxygens (including phenoxy) is 1. The van der Waals surface area contributed by atoms with Crippen LogP contribution in [0.15, 0.2) is 255 Å². The number of fused-ring (bicyclic) bond motifs is 21. The summed E-state index contributed by atoms with van der Waals surface area (Å²) in [7, 11) is 0. The Kier molecular flexibility index (Phi) is 7.98. The van der Waals surface area contributed by atoms with Crippen molar-refractivity contribution in [1.82, 2.24) is 4.57 Å². The Morgan fingerprint density at radius 2 is 0.972 bits per heavy atom. The average Bonchev–Trinajstić information content (AvgIpc) is 4.05. The standard InChI is InChI=1S/C68H46N2O/c1-2-18-45(19-3-1)69-61-30-14-7-23-51(61)52-40-43(34-38-62(52)69)44-35-39-64-60(41-44)68(57-28-12-16-32-65(57)71-66-33-17-13-29-58(66)68)56-27-11-15-31-63(56)70(64)46-36-37-50-49-22-6-10-26-55(49)67(59(50)42-46)53-24-8-4-20-47(53)48-21-5-9-25-54(48)67/h1-42,56-57,63,65H. The van der Waals surface area contributed by atoms with E-state index in [1.54, 1.807) is 0 Å². The SMILES string of the molecule is C1=CC2Oc3ccccc3C3(c4cc(-c5ccc6c(c5)c5ccccc5n6-c5ccccc5)ccc4N(c4ccc5c(c4)C4(c6ccccc6-c6ccccc64)c4ccccc4-5)C4C=CC=CC43)C2C=C1. The molecule has 0 saturated heterocycles. The highest BCUT2D eigenvalue weighted by atomic mass is 16.5. The Labute approximate surface area is 413 Å². The normalized spacial score (nSPS) is 21.8. The van der Waals surface area contributed by atoms with Crippen molar-refractivity contribution in [3.8, 4) is 44.8 Å². The third kappa shape index (κ3) is 5.02. The van der Waals surface area contributed by atoms with Crippen LogP contribution in [0.5, 0.6) is 5.75 Å². The predicted molar refractivity (Wildman–Crippen MR) is 290 cm³/mol. The molecule has 5 atom stereocenters. The molecule has 5 unspecified atom stereocenters. The van der Waals surface area contributed by atoms with E-state index in [2.05, 4.69) is 264 Å². The summed E-state index contributed by atoms with van der Waals surface area (Å²) < 4.78 is 9.41. The van der Waals surface area contributed by atoms with Crippen molar-refractivity contribution in [3.63, 3.8) is 0 Å². The minimum absolute atomic E-state index is 0.00542. The lowest BCUT2D eigenvalue weighted by Crippen LogP contribution is -2.60. The van der Waals surface area contributed by atoms with Crippen molar-refractivity contribution in [1.29, 1.82) is 0 Å². The molecular formula is C68H46N2O. The monoisotopic (exact) mass is 906 g/mol. The van der Waals surface area contributed by atoms with E-state index in [1.807, 2.05) is 0 Å². The summed E-state index contributed by atoms with van der Waals surface area (Å²) in [6, 6.07) is 77.7. The van der Waals surface area contributed by atoms with Crippen LogP contribution in [0.4, 0.5) is 11.4 Å². The van der Waals surface area contributed by atoms with E-state index in [1.165, 1.54) is 99.9 Å². The number of aromatic nitrogens is 1. The second-order valence-corrected chi connectivity index (χ2v) is 20.2. The van der Waals surface area contributed by atoms with Gasteiger partial charge in [-0.05, 0) is 128 Å². The summed E-state index contributed by atoms with van der Waals surface area (Å²) in [5.41, 5.74) is 20.7. The van der Waals surface area contributed by atoms with E-state index in [0.29, 0.717) is 0 Å². The molecule has 0 N–H and O–H groups in total. The van der Waals surface area contributed by atoms with Crippen LogP contribution >= 0.6 is 0 Å². The summed E-state index contributed by atoms with van der Waals surface area (Å²) in [4.78, 5) is 2.69.